The van der Waals surface area contributed by atoms with Gasteiger partial charge in [0.1, 0.15) is 23.1 Å². The number of alkyl halides is 3. The van der Waals surface area contributed by atoms with Gasteiger partial charge in [-0.05, 0) is 123 Å². The second kappa shape index (κ2) is 20.2. The topological polar surface area (TPSA) is 175 Å². The first-order valence-electron chi connectivity index (χ1n) is 24.4. The third kappa shape index (κ3) is 10.9. The van der Waals surface area contributed by atoms with E-state index in [4.69, 9.17) is 21.1 Å². The summed E-state index contributed by atoms with van der Waals surface area (Å²) in [5.74, 6) is -0.938. The van der Waals surface area contributed by atoms with Crippen molar-refractivity contribution < 1.29 is 40.8 Å². The first-order valence-corrected chi connectivity index (χ1v) is 26.3. The van der Waals surface area contributed by atoms with Crippen LogP contribution in [0.3, 0.4) is 0 Å². The van der Waals surface area contributed by atoms with Gasteiger partial charge in [-0.3, -0.25) is 19.8 Å². The third-order valence-electron chi connectivity index (χ3n) is 14.8. The molecule has 3 aromatic carbocycles. The lowest BCUT2D eigenvalue weighted by Gasteiger charge is -2.39. The maximum Gasteiger partial charge on any atom is 0.397 e. The molecule has 5 aromatic rings. The van der Waals surface area contributed by atoms with Gasteiger partial charge in [0, 0.05) is 93.8 Å². The van der Waals surface area contributed by atoms with E-state index in [1.165, 1.54) is 34.9 Å². The Balaban J connectivity index is 1.04. The number of allylic oxidation sites excluding steroid dienone is 1. The molecule has 2 aromatic heterocycles. The lowest BCUT2D eigenvalue weighted by Crippen LogP contribution is -2.47. The summed E-state index contributed by atoms with van der Waals surface area (Å²) in [5.41, 5.74) is 2.89. The lowest BCUT2D eigenvalue weighted by atomic mass is 9.72. The SMILES string of the molecule is CC1(C)CCC(CN2CCN(c3ccc(C(=O)NS(=O)(=O)c4ccc(NCC5CCOCC5)c([N+](=O)[O-])c4)c(N4CCC(C(C)(C)C(F)(F)F)Oc5nc6[nH]ccc6cc54)c3)CC2)=C(c2ccc(Cl)cc2)C1. The molecule has 3 N–H and O–H groups in total. The second-order valence-electron chi connectivity index (χ2n) is 20.7. The van der Waals surface area contributed by atoms with E-state index in [0.29, 0.717) is 54.6 Å². The summed E-state index contributed by atoms with van der Waals surface area (Å²) in [7, 11) is -4.73. The predicted octanol–water partition coefficient (Wildman–Crippen LogP) is 10.7. The fourth-order valence-electron chi connectivity index (χ4n) is 10.2. The maximum absolute atomic E-state index is 14.7. The predicted molar refractivity (Wildman–Crippen MR) is 273 cm³/mol. The Kier molecular flexibility index (Phi) is 14.3. The molecule has 384 valence electrons. The van der Waals surface area contributed by atoms with Crippen LogP contribution in [0.25, 0.3) is 16.6 Å². The zero-order chi connectivity index (χ0) is 51.2. The number of nitrogens with one attached hydrogen (secondary N) is 3. The summed E-state index contributed by atoms with van der Waals surface area (Å²) in [4.78, 5) is 39.6. The van der Waals surface area contributed by atoms with Gasteiger partial charge in [-0.25, -0.2) is 13.1 Å². The quantitative estimate of drug-likeness (QED) is 0.0753. The van der Waals surface area contributed by atoms with Crippen LogP contribution < -0.4 is 24.6 Å². The van der Waals surface area contributed by atoms with Crippen LogP contribution in [-0.4, -0.2) is 105 Å². The molecule has 0 saturated carbocycles. The minimum atomic E-state index is -4.73. The number of fused-ring (bicyclic) bond motifs is 2. The third-order valence-corrected chi connectivity index (χ3v) is 16.4. The average Bonchev–Trinajstić information content (AvgIpc) is 3.72. The van der Waals surface area contributed by atoms with Crippen molar-refractivity contribution in [2.24, 2.45) is 16.7 Å². The molecular formula is C52H60ClF3N8O7S. The van der Waals surface area contributed by atoms with Gasteiger partial charge < -0.3 is 29.6 Å². The molecule has 1 unspecified atom stereocenters. The summed E-state index contributed by atoms with van der Waals surface area (Å²) < 4.78 is 86.0. The number of piperazine rings is 1. The van der Waals surface area contributed by atoms with Crippen LogP contribution in [0.5, 0.6) is 5.88 Å². The number of aromatic amines is 1. The van der Waals surface area contributed by atoms with Gasteiger partial charge in [0.2, 0.25) is 5.88 Å². The number of nitro groups is 1. The minimum absolute atomic E-state index is 0.0740. The number of hydrogen-bond acceptors (Lipinski definition) is 12. The van der Waals surface area contributed by atoms with Crippen LogP contribution in [0.15, 0.2) is 89.5 Å². The maximum atomic E-state index is 14.7. The van der Waals surface area contributed by atoms with E-state index in [1.807, 2.05) is 12.1 Å². The van der Waals surface area contributed by atoms with Crippen molar-refractivity contribution in [2.45, 2.75) is 83.4 Å². The summed E-state index contributed by atoms with van der Waals surface area (Å²) in [6, 6.07) is 19.9. The Bertz CT molecular complexity index is 2990. The van der Waals surface area contributed by atoms with Crippen molar-refractivity contribution in [1.29, 1.82) is 0 Å². The molecule has 5 heterocycles. The highest BCUT2D eigenvalue weighted by molar-refractivity contribution is 7.90. The summed E-state index contributed by atoms with van der Waals surface area (Å²) >= 11 is 6.27. The number of amides is 1. The molecule has 9 rings (SSSR count). The highest BCUT2D eigenvalue weighted by atomic mass is 35.5. The number of sulfonamides is 1. The van der Waals surface area contributed by atoms with Crippen molar-refractivity contribution in [2.75, 3.05) is 74.1 Å². The molecule has 0 radical (unpaired) electrons. The molecule has 72 heavy (non-hydrogen) atoms. The van der Waals surface area contributed by atoms with Gasteiger partial charge in [-0.2, -0.15) is 18.2 Å². The summed E-state index contributed by atoms with van der Waals surface area (Å²) in [6.07, 6.45) is 0.0147. The standard InChI is InChI=1S/C52H60ClF3N8O7S/c1-50(2)18-13-36(41(30-50)34-5-7-37(53)8-6-34)32-61-21-23-62(24-22-61)38-9-11-40(48(65)60-72(68,69)39-10-12-42(44(29-39)64(66)67)58-31-33-16-25-70-26-17-33)43(28-38)63-20-15-46(51(3,4)52(54,55)56)71-49-45(63)27-35-14-19-57-47(35)59-49/h5-12,14,19,27-29,33,46,58H,13,15-18,20-26,30-32H2,1-4H3,(H,57,59)(H,60,65). The lowest BCUT2D eigenvalue weighted by molar-refractivity contribution is -0.384. The number of nitrogens with zero attached hydrogens (tertiary/aromatic N) is 5. The Labute approximate surface area is 422 Å². The number of aromatic nitrogens is 2. The fourth-order valence-corrected chi connectivity index (χ4v) is 11.3. The van der Waals surface area contributed by atoms with Gasteiger partial charge in [0.25, 0.3) is 21.6 Å². The Morgan fingerprint density at radius 3 is 2.40 bits per heavy atom. The van der Waals surface area contributed by atoms with Gasteiger partial charge in [-0.1, -0.05) is 43.2 Å². The number of carbonyl (C=O) groups is 1. The highest BCUT2D eigenvalue weighted by Gasteiger charge is 2.54. The van der Waals surface area contributed by atoms with E-state index in [1.54, 1.807) is 35.4 Å². The molecule has 15 nitrogen and oxygen atoms in total. The van der Waals surface area contributed by atoms with Crippen LogP contribution >= 0.6 is 11.6 Å². The second-order valence-corrected chi connectivity index (χ2v) is 22.8. The van der Waals surface area contributed by atoms with Crippen LogP contribution in [-0.2, 0) is 14.8 Å². The van der Waals surface area contributed by atoms with Crippen molar-refractivity contribution in [3.8, 4) is 5.88 Å². The fraction of sp³-hybridized carbons (Fsp3) is 0.462. The molecule has 2 fully saturated rings. The molecule has 1 amide bonds. The Hall–Kier alpha value is -5.89. The normalized spacial score (nSPS) is 19.4. The van der Waals surface area contributed by atoms with Crippen LogP contribution in [0, 0.1) is 26.9 Å². The number of carbonyl (C=O) groups excluding carboxylic acids is 1. The van der Waals surface area contributed by atoms with Crippen LogP contribution in [0.1, 0.15) is 82.1 Å². The molecule has 1 atom stereocenters. The molecule has 0 bridgehead atoms. The smallest absolute Gasteiger partial charge is 0.397 e. The average molecular weight is 1030 g/mol. The van der Waals surface area contributed by atoms with Crippen molar-refractivity contribution >= 4 is 72.6 Å². The molecule has 3 aliphatic heterocycles. The van der Waals surface area contributed by atoms with Gasteiger partial charge in [0.15, 0.2) is 0 Å². The molecule has 20 heteroatoms. The van der Waals surface area contributed by atoms with Crippen LogP contribution in [0.4, 0.5) is 41.6 Å². The van der Waals surface area contributed by atoms with Crippen molar-refractivity contribution in [3.63, 3.8) is 0 Å². The number of benzene rings is 3. The number of H-pyrrole nitrogens is 1. The Morgan fingerprint density at radius 1 is 0.958 bits per heavy atom. The van der Waals surface area contributed by atoms with E-state index in [-0.39, 0.29) is 52.8 Å². The summed E-state index contributed by atoms with van der Waals surface area (Å²) in [5, 5.41) is 16.7. The molecule has 0 spiro atoms. The zero-order valence-electron chi connectivity index (χ0n) is 40.8. The highest BCUT2D eigenvalue weighted by Crippen LogP contribution is 2.48. The molecule has 1 aliphatic carbocycles. The van der Waals surface area contributed by atoms with Gasteiger partial charge >= 0.3 is 6.18 Å². The van der Waals surface area contributed by atoms with E-state index in [2.05, 4.69) is 55.8 Å². The van der Waals surface area contributed by atoms with Crippen molar-refractivity contribution in [3.05, 3.63) is 111 Å². The Morgan fingerprint density at radius 2 is 1.69 bits per heavy atom. The monoisotopic (exact) mass is 1030 g/mol. The number of ether oxygens (including phenoxy) is 2. The zero-order valence-corrected chi connectivity index (χ0v) is 42.4. The van der Waals surface area contributed by atoms with E-state index in [0.717, 1.165) is 71.7 Å². The number of anilines is 4. The number of halogens is 4. The number of nitro benzene ring substituents is 1. The molecule has 2 saturated heterocycles. The van der Waals surface area contributed by atoms with Gasteiger partial charge in [0.05, 0.1) is 26.5 Å². The van der Waals surface area contributed by atoms with E-state index in [9.17, 15) is 36.5 Å². The van der Waals surface area contributed by atoms with E-state index < -0.39 is 49.1 Å². The number of rotatable bonds is 13. The van der Waals surface area contributed by atoms with Gasteiger partial charge in [-0.15, -0.1) is 0 Å². The number of hydrogen-bond donors (Lipinski definition) is 3. The minimum Gasteiger partial charge on any atom is -0.472 e. The molecule has 4 aliphatic rings. The first kappa shape index (κ1) is 51.0. The first-order chi connectivity index (χ1) is 34.2. The molecular weight excluding hydrogens is 973 g/mol. The number of pyridine rings is 1. The van der Waals surface area contributed by atoms with E-state index >= 15 is 0 Å². The van der Waals surface area contributed by atoms with Crippen molar-refractivity contribution in [1.82, 2.24) is 19.6 Å². The van der Waals surface area contributed by atoms with Crippen LogP contribution in [0.2, 0.25) is 5.02 Å². The summed E-state index contributed by atoms with van der Waals surface area (Å²) in [6.45, 7) is 11.7. The largest absolute Gasteiger partial charge is 0.472 e.